The van der Waals surface area contributed by atoms with Crippen LogP contribution in [0.25, 0.3) is 0 Å². The molecule has 0 aromatic heterocycles. The van der Waals surface area contributed by atoms with Gasteiger partial charge in [0.1, 0.15) is 0 Å². The van der Waals surface area contributed by atoms with Crippen molar-refractivity contribution in [2.24, 2.45) is 0 Å². The first-order chi connectivity index (χ1) is 13.7. The minimum absolute atomic E-state index is 0.0340. The van der Waals surface area contributed by atoms with Gasteiger partial charge in [0, 0.05) is 17.2 Å². The van der Waals surface area contributed by atoms with E-state index in [2.05, 4.69) is 5.32 Å². The molecule has 0 radical (unpaired) electrons. The van der Waals surface area contributed by atoms with E-state index in [1.807, 2.05) is 19.1 Å². The predicted octanol–water partition coefficient (Wildman–Crippen LogP) is 1.69. The lowest BCUT2D eigenvalue weighted by atomic mass is 9.98. The number of hydrogen-bond acceptors (Lipinski definition) is 6. The summed E-state index contributed by atoms with van der Waals surface area (Å²) < 4.78 is 27.9. The van der Waals surface area contributed by atoms with Gasteiger partial charge in [-0.15, -0.1) is 0 Å². The van der Waals surface area contributed by atoms with Crippen LogP contribution in [0.15, 0.2) is 48.5 Å². The van der Waals surface area contributed by atoms with E-state index in [0.717, 1.165) is 5.56 Å². The maximum Gasteiger partial charge on any atom is 0.339 e. The highest BCUT2D eigenvalue weighted by atomic mass is 32.2. The van der Waals surface area contributed by atoms with Crippen molar-refractivity contribution in [2.45, 2.75) is 19.4 Å². The van der Waals surface area contributed by atoms with Gasteiger partial charge < -0.3 is 10.1 Å². The molecular formula is C21H21NO6S. The summed E-state index contributed by atoms with van der Waals surface area (Å²) in [6.45, 7) is 1.36. The molecule has 1 aliphatic rings. The van der Waals surface area contributed by atoms with E-state index in [9.17, 15) is 22.8 Å². The molecule has 152 valence electrons. The zero-order valence-corrected chi connectivity index (χ0v) is 16.7. The van der Waals surface area contributed by atoms with Crippen LogP contribution in [-0.2, 0) is 19.4 Å². The minimum Gasteiger partial charge on any atom is -0.452 e. The number of hydrogen-bond donors (Lipinski definition) is 1. The third-order valence-electron chi connectivity index (χ3n) is 4.64. The van der Waals surface area contributed by atoms with E-state index in [1.165, 1.54) is 12.1 Å². The number of sulfone groups is 1. The zero-order valence-electron chi connectivity index (χ0n) is 15.9. The van der Waals surface area contributed by atoms with Crippen LogP contribution >= 0.6 is 0 Å². The Labute approximate surface area is 169 Å². The summed E-state index contributed by atoms with van der Waals surface area (Å²) in [5, 5.41) is 2.55. The Morgan fingerprint density at radius 1 is 1.03 bits per heavy atom. The van der Waals surface area contributed by atoms with Crippen LogP contribution in [0, 0.1) is 6.92 Å². The van der Waals surface area contributed by atoms with Crippen LogP contribution < -0.4 is 5.32 Å². The Morgan fingerprint density at radius 3 is 2.31 bits per heavy atom. The first-order valence-corrected chi connectivity index (χ1v) is 10.9. The Kier molecular flexibility index (Phi) is 6.12. The molecule has 1 aliphatic heterocycles. The SMILES string of the molecule is Cc1ccc(C(=O)c2ccccc2C(=O)OCC(=O)N[C@H]2CCS(=O)(=O)C2)cc1. The molecule has 0 bridgehead atoms. The van der Waals surface area contributed by atoms with Gasteiger partial charge >= 0.3 is 5.97 Å². The fourth-order valence-corrected chi connectivity index (χ4v) is 4.78. The van der Waals surface area contributed by atoms with Crippen molar-refractivity contribution in [1.82, 2.24) is 5.32 Å². The second-order valence-electron chi connectivity index (χ2n) is 6.98. The number of esters is 1. The predicted molar refractivity (Wildman–Crippen MR) is 107 cm³/mol. The van der Waals surface area contributed by atoms with Crippen molar-refractivity contribution in [3.8, 4) is 0 Å². The number of benzene rings is 2. The van der Waals surface area contributed by atoms with E-state index in [4.69, 9.17) is 4.74 Å². The topological polar surface area (TPSA) is 107 Å². The Morgan fingerprint density at radius 2 is 1.69 bits per heavy atom. The lowest BCUT2D eigenvalue weighted by Crippen LogP contribution is -2.38. The molecule has 2 aromatic rings. The van der Waals surface area contributed by atoms with E-state index >= 15 is 0 Å². The first kappa shape index (κ1) is 20.7. The van der Waals surface area contributed by atoms with E-state index < -0.39 is 34.4 Å². The van der Waals surface area contributed by atoms with E-state index in [-0.39, 0.29) is 28.4 Å². The zero-order chi connectivity index (χ0) is 21.0. The quantitative estimate of drug-likeness (QED) is 0.568. The standard InChI is InChI=1S/C21H21NO6S/c1-14-6-8-15(9-7-14)20(24)17-4-2-3-5-18(17)21(25)28-12-19(23)22-16-10-11-29(26,27)13-16/h2-9,16H,10-13H2,1H3,(H,22,23)/t16-/m0/s1. The van der Waals surface area contributed by atoms with Crippen LogP contribution in [0.4, 0.5) is 0 Å². The van der Waals surface area contributed by atoms with Crippen molar-refractivity contribution >= 4 is 27.5 Å². The molecule has 0 unspecified atom stereocenters. The normalized spacial score (nSPS) is 17.5. The number of nitrogens with one attached hydrogen (secondary N) is 1. The highest BCUT2D eigenvalue weighted by Gasteiger charge is 2.29. The van der Waals surface area contributed by atoms with Crippen LogP contribution in [0.3, 0.4) is 0 Å². The van der Waals surface area contributed by atoms with E-state index in [0.29, 0.717) is 12.0 Å². The molecule has 7 nitrogen and oxygen atoms in total. The molecule has 1 saturated heterocycles. The van der Waals surface area contributed by atoms with Gasteiger partial charge in [0.05, 0.1) is 17.1 Å². The Bertz CT molecular complexity index is 1040. The molecule has 8 heteroatoms. The van der Waals surface area contributed by atoms with Crippen molar-refractivity contribution in [3.05, 3.63) is 70.8 Å². The summed E-state index contributed by atoms with van der Waals surface area (Å²) in [5.41, 5.74) is 1.70. The van der Waals surface area contributed by atoms with Gasteiger partial charge in [0.2, 0.25) is 0 Å². The fraction of sp³-hybridized carbons (Fsp3) is 0.286. The van der Waals surface area contributed by atoms with Crippen LogP contribution in [0.2, 0.25) is 0 Å². The molecule has 1 fully saturated rings. The molecule has 1 atom stereocenters. The lowest BCUT2D eigenvalue weighted by molar-refractivity contribution is -0.124. The van der Waals surface area contributed by atoms with Crippen LogP contribution in [0.5, 0.6) is 0 Å². The maximum atomic E-state index is 12.8. The van der Waals surface area contributed by atoms with Gasteiger partial charge in [-0.3, -0.25) is 9.59 Å². The Balaban J connectivity index is 1.65. The van der Waals surface area contributed by atoms with Gasteiger partial charge in [-0.2, -0.15) is 0 Å². The average Bonchev–Trinajstić information content (AvgIpc) is 3.04. The maximum absolute atomic E-state index is 12.8. The number of ether oxygens (including phenoxy) is 1. The molecule has 0 saturated carbocycles. The molecular weight excluding hydrogens is 394 g/mol. The third-order valence-corrected chi connectivity index (χ3v) is 6.41. The number of rotatable bonds is 6. The molecule has 1 N–H and O–H groups in total. The lowest BCUT2D eigenvalue weighted by Gasteiger charge is -2.12. The summed E-state index contributed by atoms with van der Waals surface area (Å²) in [6.07, 6.45) is 0.343. The number of amides is 1. The third kappa shape index (κ3) is 5.29. The van der Waals surface area contributed by atoms with Gasteiger partial charge in [-0.25, -0.2) is 13.2 Å². The summed E-state index contributed by atoms with van der Waals surface area (Å²) in [5.74, 6) is -1.77. The summed E-state index contributed by atoms with van der Waals surface area (Å²) >= 11 is 0. The molecule has 3 rings (SSSR count). The monoisotopic (exact) mass is 415 g/mol. The van der Waals surface area contributed by atoms with Crippen molar-refractivity contribution in [2.75, 3.05) is 18.1 Å². The molecule has 0 spiro atoms. The van der Waals surface area contributed by atoms with Crippen LogP contribution in [-0.4, -0.2) is 50.2 Å². The van der Waals surface area contributed by atoms with Gasteiger partial charge in [0.25, 0.3) is 5.91 Å². The van der Waals surface area contributed by atoms with Gasteiger partial charge in [0.15, 0.2) is 22.2 Å². The molecule has 1 heterocycles. The van der Waals surface area contributed by atoms with Crippen molar-refractivity contribution < 1.29 is 27.5 Å². The highest BCUT2D eigenvalue weighted by Crippen LogP contribution is 2.17. The fourth-order valence-electron chi connectivity index (χ4n) is 3.11. The summed E-state index contributed by atoms with van der Waals surface area (Å²) in [7, 11) is -3.12. The summed E-state index contributed by atoms with van der Waals surface area (Å²) in [6, 6.07) is 12.8. The molecule has 1 amide bonds. The van der Waals surface area contributed by atoms with Crippen molar-refractivity contribution in [3.63, 3.8) is 0 Å². The molecule has 0 aliphatic carbocycles. The smallest absolute Gasteiger partial charge is 0.339 e. The largest absolute Gasteiger partial charge is 0.452 e. The minimum atomic E-state index is -3.12. The number of aryl methyl sites for hydroxylation is 1. The number of carbonyl (C=O) groups is 3. The second kappa shape index (κ2) is 8.57. The van der Waals surface area contributed by atoms with Gasteiger partial charge in [-0.1, -0.05) is 48.0 Å². The molecule has 29 heavy (non-hydrogen) atoms. The highest BCUT2D eigenvalue weighted by molar-refractivity contribution is 7.91. The first-order valence-electron chi connectivity index (χ1n) is 9.12. The van der Waals surface area contributed by atoms with Crippen LogP contribution in [0.1, 0.15) is 38.3 Å². The Hall–Kier alpha value is -3.00. The number of carbonyl (C=O) groups excluding carboxylic acids is 3. The average molecular weight is 415 g/mol. The van der Waals surface area contributed by atoms with Gasteiger partial charge in [-0.05, 0) is 19.4 Å². The summed E-state index contributed by atoms with van der Waals surface area (Å²) in [4.78, 5) is 37.2. The van der Waals surface area contributed by atoms with E-state index in [1.54, 1.807) is 24.3 Å². The second-order valence-corrected chi connectivity index (χ2v) is 9.21. The molecule has 2 aromatic carbocycles. The van der Waals surface area contributed by atoms with Crippen molar-refractivity contribution in [1.29, 1.82) is 0 Å². The number of ketones is 1.